The van der Waals surface area contributed by atoms with E-state index in [1.165, 1.54) is 6.42 Å². The Hall–Kier alpha value is -6.70. The molecule has 0 saturated heterocycles. The van der Waals surface area contributed by atoms with Gasteiger partial charge in [-0.2, -0.15) is 0 Å². The summed E-state index contributed by atoms with van der Waals surface area (Å²) in [6, 6.07) is 4.55. The highest BCUT2D eigenvalue weighted by Crippen LogP contribution is 2.17. The molecular formula is C62H99N5O20. The zero-order valence-electron chi connectivity index (χ0n) is 51.1. The number of unbranched alkanes of at least 4 members (excludes halogenated alkanes) is 14. The molecule has 0 heterocycles. The van der Waals surface area contributed by atoms with Crippen LogP contribution in [-0.2, 0) is 71.7 Å². The first kappa shape index (κ1) is 78.3. The molecule has 0 aromatic heterocycles. The number of ether oxygens (including phenoxy) is 4. The molecule has 25 nitrogen and oxygen atoms in total. The Kier molecular flexibility index (Phi) is 46.2. The fraction of sp³-hybridized carbons (Fsp3) is 0.710. The lowest BCUT2D eigenvalue weighted by molar-refractivity contribution is -0.149. The maximum absolute atomic E-state index is 12.7. The minimum Gasteiger partial charge on any atom is -0.481 e. The van der Waals surface area contributed by atoms with Gasteiger partial charge >= 0.3 is 23.9 Å². The van der Waals surface area contributed by atoms with Crippen LogP contribution in [-0.4, -0.2) is 176 Å². The second-order valence-electron chi connectivity index (χ2n) is 21.6. The molecule has 0 radical (unpaired) electrons. The zero-order valence-corrected chi connectivity index (χ0v) is 51.1. The van der Waals surface area contributed by atoms with Crippen molar-refractivity contribution in [1.29, 1.82) is 0 Å². The molecule has 3 atom stereocenters. The first-order valence-corrected chi connectivity index (χ1v) is 31.1. The van der Waals surface area contributed by atoms with E-state index in [9.17, 15) is 72.9 Å². The molecule has 0 spiro atoms. The molecule has 492 valence electrons. The van der Waals surface area contributed by atoms with Crippen LogP contribution in [0.4, 0.5) is 5.69 Å². The van der Waals surface area contributed by atoms with Crippen molar-refractivity contribution in [1.82, 2.24) is 21.3 Å². The molecule has 0 bridgehead atoms. The summed E-state index contributed by atoms with van der Waals surface area (Å²) in [6.07, 6.45) is 16.0. The summed E-state index contributed by atoms with van der Waals surface area (Å²) in [5, 5.41) is 51.0. The molecule has 0 aliphatic heterocycles. The Bertz CT molecular complexity index is 2210. The van der Waals surface area contributed by atoms with E-state index in [2.05, 4.69) is 33.5 Å². The first-order chi connectivity index (χ1) is 41.8. The van der Waals surface area contributed by atoms with Gasteiger partial charge in [0, 0.05) is 88.9 Å². The summed E-state index contributed by atoms with van der Waals surface area (Å²) in [4.78, 5) is 144. The van der Waals surface area contributed by atoms with Crippen LogP contribution in [0.3, 0.4) is 0 Å². The second-order valence-corrected chi connectivity index (χ2v) is 21.6. The van der Waals surface area contributed by atoms with Gasteiger partial charge in [-0.05, 0) is 75.6 Å². The average Bonchev–Trinajstić information content (AvgIpc) is 3.70. The van der Waals surface area contributed by atoms with Gasteiger partial charge in [0.05, 0.1) is 39.0 Å². The van der Waals surface area contributed by atoms with E-state index in [-0.39, 0.29) is 140 Å². The number of carbonyl (C=O) groups is 12. The Labute approximate surface area is 511 Å². The molecule has 1 aromatic rings. The number of amides is 4. The number of benzene rings is 1. The van der Waals surface area contributed by atoms with Crippen molar-refractivity contribution in [2.45, 2.75) is 205 Å². The quantitative estimate of drug-likeness (QED) is 0.0247. The van der Waals surface area contributed by atoms with Crippen molar-refractivity contribution in [3.63, 3.8) is 0 Å². The number of aliphatic carboxylic acids is 4. The third kappa shape index (κ3) is 44.4. The molecule has 0 aliphatic rings. The number of hydrogen-bond acceptors (Lipinski definition) is 17. The van der Waals surface area contributed by atoms with Crippen molar-refractivity contribution >= 4 is 76.3 Å². The number of Topliss-reactive ketones (excluding diaryl/α,β-unsaturated/α-hetero) is 4. The molecule has 0 unspecified atom stereocenters. The highest BCUT2D eigenvalue weighted by Gasteiger charge is 2.26. The van der Waals surface area contributed by atoms with Gasteiger partial charge in [0.25, 0.3) is 5.91 Å². The number of ketones is 4. The smallest absolute Gasteiger partial charge is 0.372 e. The number of anilines is 1. The molecule has 0 saturated carbocycles. The van der Waals surface area contributed by atoms with Crippen molar-refractivity contribution in [2.24, 2.45) is 5.92 Å². The van der Waals surface area contributed by atoms with E-state index in [4.69, 9.17) is 24.1 Å². The Morgan fingerprint density at radius 1 is 0.414 bits per heavy atom. The van der Waals surface area contributed by atoms with Crippen LogP contribution in [0.1, 0.15) is 203 Å². The number of carbonyl (C=O) groups excluding carboxylic acids is 8. The molecule has 1 rings (SSSR count). The highest BCUT2D eigenvalue weighted by atomic mass is 16.5. The van der Waals surface area contributed by atoms with Crippen molar-refractivity contribution < 1.29 is 96.9 Å². The average molecular weight is 1230 g/mol. The van der Waals surface area contributed by atoms with E-state index >= 15 is 0 Å². The highest BCUT2D eigenvalue weighted by molar-refractivity contribution is 6.32. The monoisotopic (exact) mass is 1230 g/mol. The molecule has 0 aliphatic carbocycles. The lowest BCUT2D eigenvalue weighted by Crippen LogP contribution is -2.42. The third-order valence-corrected chi connectivity index (χ3v) is 14.0. The van der Waals surface area contributed by atoms with Crippen LogP contribution in [0, 0.1) is 5.92 Å². The van der Waals surface area contributed by atoms with Crippen LogP contribution >= 0.6 is 0 Å². The van der Waals surface area contributed by atoms with Gasteiger partial charge in [0.2, 0.25) is 23.5 Å². The van der Waals surface area contributed by atoms with Crippen LogP contribution in [0.2, 0.25) is 0 Å². The van der Waals surface area contributed by atoms with Gasteiger partial charge in [-0.1, -0.05) is 90.4 Å². The molecule has 1 aromatic carbocycles. The van der Waals surface area contributed by atoms with Crippen LogP contribution in [0.5, 0.6) is 0 Å². The molecule has 9 N–H and O–H groups in total. The van der Waals surface area contributed by atoms with Gasteiger partial charge < -0.3 is 66.0 Å². The van der Waals surface area contributed by atoms with Crippen LogP contribution in [0.15, 0.2) is 24.3 Å². The lowest BCUT2D eigenvalue weighted by atomic mass is 9.94. The zero-order chi connectivity index (χ0) is 64.3. The summed E-state index contributed by atoms with van der Waals surface area (Å²) in [5.41, 5.74) is 1.48. The SMILES string of the molecule is CCCCNc1ccc(C(=O)NCCCC(=O)COCCOCCNC(=O)CC[C@H](CC(=O)CC[C@H](NC(=O)COCCOCCCC(=O)CC[C@H](NC(=O)CCCCCCCCCCCCCCCCC(=O)C(=O)O)C(=O)O)C(=O)O)C(=O)O)cc1. The minimum absolute atomic E-state index is 0.0433. The number of rotatable bonds is 60. The van der Waals surface area contributed by atoms with Gasteiger partial charge in [-0.25, -0.2) is 14.4 Å². The van der Waals surface area contributed by atoms with Crippen molar-refractivity contribution in [2.75, 3.05) is 77.8 Å². The lowest BCUT2D eigenvalue weighted by Gasteiger charge is -2.15. The Morgan fingerprint density at radius 3 is 1.49 bits per heavy atom. The van der Waals surface area contributed by atoms with Crippen LogP contribution in [0.25, 0.3) is 0 Å². The molecular weight excluding hydrogens is 1130 g/mol. The third-order valence-electron chi connectivity index (χ3n) is 14.0. The topological polar surface area (TPSA) is 383 Å². The van der Waals surface area contributed by atoms with Crippen LogP contribution < -0.4 is 26.6 Å². The number of nitrogens with one attached hydrogen (secondary N) is 5. The fourth-order valence-electron chi connectivity index (χ4n) is 8.87. The van der Waals surface area contributed by atoms with Crippen molar-refractivity contribution in [3.05, 3.63) is 29.8 Å². The van der Waals surface area contributed by atoms with E-state index in [0.29, 0.717) is 37.8 Å². The second kappa shape index (κ2) is 51.4. The maximum Gasteiger partial charge on any atom is 0.372 e. The predicted octanol–water partition coefficient (Wildman–Crippen LogP) is 6.54. The number of carboxylic acid groups (broad SMARTS) is 4. The summed E-state index contributed by atoms with van der Waals surface area (Å²) in [5.74, 6) is -9.97. The predicted molar refractivity (Wildman–Crippen MR) is 321 cm³/mol. The Balaban J connectivity index is 2.11. The maximum atomic E-state index is 12.7. The summed E-state index contributed by atoms with van der Waals surface area (Å²) >= 11 is 0. The fourth-order valence-corrected chi connectivity index (χ4v) is 8.87. The van der Waals surface area contributed by atoms with Crippen molar-refractivity contribution in [3.8, 4) is 0 Å². The van der Waals surface area contributed by atoms with Gasteiger partial charge in [0.15, 0.2) is 5.78 Å². The van der Waals surface area contributed by atoms with Gasteiger partial charge in [-0.3, -0.25) is 43.2 Å². The number of carboxylic acids is 4. The number of hydrogen-bond donors (Lipinski definition) is 9. The normalized spacial score (nSPS) is 12.1. The molecule has 25 heteroatoms. The van der Waals surface area contributed by atoms with E-state index < -0.39 is 78.3 Å². The standard InChI is InChI=1S/C62H99N5O20/c1-2-3-34-63-48-27-24-46(25-28-48)58(75)65-35-18-20-51(70)44-86-41-40-85-38-36-64-55(72)33-26-47(59(76)77)43-50(69)30-32-53(61(80)81)67-57(74)45-87-42-39-84-37-19-21-49(68)29-31-52(60(78)79)66-56(73)23-17-15-13-11-9-7-5-4-6-8-10-12-14-16-22-54(71)62(82)83/h24-25,27-28,47,52-53,63H,2-23,26,29-45H2,1H3,(H,64,72)(H,65,75)(H,66,73)(H,67,74)(H,76,77)(H,78,79)(H,80,81)(H,82,83)/t47-,52+,53+/m1/s1. The van der Waals surface area contributed by atoms with Gasteiger partial charge in [0.1, 0.15) is 36.9 Å². The summed E-state index contributed by atoms with van der Waals surface area (Å²) < 4.78 is 21.4. The minimum atomic E-state index is -1.47. The Morgan fingerprint density at radius 2 is 0.931 bits per heavy atom. The van der Waals surface area contributed by atoms with Gasteiger partial charge in [-0.15, -0.1) is 0 Å². The summed E-state index contributed by atoms with van der Waals surface area (Å²) in [7, 11) is 0. The summed E-state index contributed by atoms with van der Waals surface area (Å²) in [6.45, 7) is 3.36. The molecule has 4 amide bonds. The van der Waals surface area contributed by atoms with E-state index in [0.717, 1.165) is 95.7 Å². The molecule has 0 fully saturated rings. The largest absolute Gasteiger partial charge is 0.481 e. The first-order valence-electron chi connectivity index (χ1n) is 31.1. The van der Waals surface area contributed by atoms with E-state index in [1.54, 1.807) is 12.1 Å². The molecule has 87 heavy (non-hydrogen) atoms. The van der Waals surface area contributed by atoms with E-state index in [1.807, 2.05) is 12.1 Å².